The number of benzene rings is 1. The number of anilines is 1. The molecule has 1 heterocycles. The second kappa shape index (κ2) is 8.38. The van der Waals surface area contributed by atoms with Gasteiger partial charge in [0.1, 0.15) is 0 Å². The Morgan fingerprint density at radius 1 is 1.09 bits per heavy atom. The van der Waals surface area contributed by atoms with Crippen molar-refractivity contribution < 1.29 is 14.4 Å². The molecule has 0 atom stereocenters. The smallest absolute Gasteiger partial charge is 0.336 e. The maximum atomic E-state index is 12.0. The van der Waals surface area contributed by atoms with Gasteiger partial charge in [0, 0.05) is 28.8 Å². The zero-order valence-corrected chi connectivity index (χ0v) is 14.3. The van der Waals surface area contributed by atoms with E-state index in [0.717, 1.165) is 19.3 Å². The van der Waals surface area contributed by atoms with Gasteiger partial charge in [-0.3, -0.25) is 14.9 Å². The van der Waals surface area contributed by atoms with Gasteiger partial charge in [0.2, 0.25) is 5.17 Å². The van der Waals surface area contributed by atoms with Gasteiger partial charge in [0.25, 0.3) is 5.91 Å². The molecule has 0 aliphatic carbocycles. The maximum Gasteiger partial charge on any atom is 0.437 e. The van der Waals surface area contributed by atoms with Crippen LogP contribution in [0.3, 0.4) is 0 Å². The van der Waals surface area contributed by atoms with E-state index < -0.39 is 17.2 Å². The van der Waals surface area contributed by atoms with Crippen molar-refractivity contribution in [2.45, 2.75) is 19.3 Å². The first-order valence-electron chi connectivity index (χ1n) is 6.92. The number of carbonyl (C=O) groups is 2. The van der Waals surface area contributed by atoms with E-state index in [1.54, 1.807) is 4.90 Å². The van der Waals surface area contributed by atoms with Crippen LogP contribution in [0.15, 0.2) is 23.4 Å². The first kappa shape index (κ1) is 17.8. The zero-order chi connectivity index (χ0) is 16.8. The van der Waals surface area contributed by atoms with E-state index in [0.29, 0.717) is 28.8 Å². The van der Waals surface area contributed by atoms with Gasteiger partial charge in [0.15, 0.2) is 0 Å². The Balaban J connectivity index is 1.90. The van der Waals surface area contributed by atoms with Gasteiger partial charge in [-0.1, -0.05) is 40.0 Å². The molecule has 1 aliphatic heterocycles. The summed E-state index contributed by atoms with van der Waals surface area (Å²) < 4.78 is 0. The Hall–Kier alpha value is -1.50. The third-order valence-corrected chi connectivity index (χ3v) is 3.80. The van der Waals surface area contributed by atoms with E-state index in [1.807, 2.05) is 0 Å². The Morgan fingerprint density at radius 3 is 2.30 bits per heavy atom. The SMILES string of the molecule is O=C(Nc1cc(Cl)cc(Cl)c1)O/N=C(\Cl)C(=O)N1CCCCC1. The van der Waals surface area contributed by atoms with Gasteiger partial charge in [-0.15, -0.1) is 0 Å². The van der Waals surface area contributed by atoms with Gasteiger partial charge in [-0.25, -0.2) is 4.79 Å². The molecule has 2 amide bonds. The molecule has 1 N–H and O–H groups in total. The van der Waals surface area contributed by atoms with Crippen LogP contribution in [0.2, 0.25) is 10.0 Å². The molecule has 1 aromatic rings. The summed E-state index contributed by atoms with van der Waals surface area (Å²) >= 11 is 17.4. The third kappa shape index (κ3) is 5.57. The van der Waals surface area contributed by atoms with Crippen LogP contribution in [0.1, 0.15) is 19.3 Å². The molecule has 0 bridgehead atoms. The quantitative estimate of drug-likeness (QED) is 0.489. The second-order valence-electron chi connectivity index (χ2n) is 4.90. The molecule has 0 saturated carbocycles. The minimum absolute atomic E-state index is 0.334. The molecule has 0 radical (unpaired) electrons. The fourth-order valence-corrected chi connectivity index (χ4v) is 2.79. The Morgan fingerprint density at radius 2 is 1.70 bits per heavy atom. The average Bonchev–Trinajstić information content (AvgIpc) is 2.51. The van der Waals surface area contributed by atoms with Crippen LogP contribution in [-0.4, -0.2) is 35.2 Å². The highest BCUT2D eigenvalue weighted by molar-refractivity contribution is 6.82. The molecule has 0 unspecified atom stereocenters. The third-order valence-electron chi connectivity index (χ3n) is 3.14. The summed E-state index contributed by atoms with van der Waals surface area (Å²) in [6.45, 7) is 1.25. The standard InChI is InChI=1S/C14H14Cl3N3O3/c15-9-6-10(16)8-11(7-9)18-14(22)23-19-12(17)13(21)20-4-2-1-3-5-20/h6-8H,1-5H2,(H,18,22)/b19-12-. The Bertz CT molecular complexity index is 611. The molecule has 124 valence electrons. The molecule has 0 spiro atoms. The summed E-state index contributed by atoms with van der Waals surface area (Å²) in [6.07, 6.45) is 2.02. The second-order valence-corrected chi connectivity index (χ2v) is 6.13. The maximum absolute atomic E-state index is 12.0. The Labute approximate surface area is 148 Å². The minimum atomic E-state index is -0.909. The van der Waals surface area contributed by atoms with E-state index in [-0.39, 0.29) is 0 Å². The number of likely N-dealkylation sites (tertiary alicyclic amines) is 1. The highest BCUT2D eigenvalue weighted by Gasteiger charge is 2.21. The van der Waals surface area contributed by atoms with Gasteiger partial charge in [-0.05, 0) is 37.5 Å². The normalized spacial score (nSPS) is 15.3. The van der Waals surface area contributed by atoms with Gasteiger partial charge < -0.3 is 4.90 Å². The average molecular weight is 379 g/mol. The first-order chi connectivity index (χ1) is 11.0. The molecule has 1 aromatic carbocycles. The summed E-state index contributed by atoms with van der Waals surface area (Å²) in [5.74, 6) is -0.454. The number of nitrogens with one attached hydrogen (secondary N) is 1. The van der Waals surface area contributed by atoms with E-state index in [2.05, 4.69) is 15.3 Å². The van der Waals surface area contributed by atoms with Crippen molar-refractivity contribution >= 4 is 57.7 Å². The van der Waals surface area contributed by atoms with Crippen LogP contribution in [0.5, 0.6) is 0 Å². The van der Waals surface area contributed by atoms with Gasteiger partial charge in [-0.2, -0.15) is 0 Å². The Kier molecular flexibility index (Phi) is 6.50. The molecule has 23 heavy (non-hydrogen) atoms. The highest BCUT2D eigenvalue weighted by atomic mass is 35.5. The number of hydrogen-bond acceptors (Lipinski definition) is 4. The van der Waals surface area contributed by atoms with Crippen molar-refractivity contribution in [2.24, 2.45) is 5.16 Å². The monoisotopic (exact) mass is 377 g/mol. The number of hydrogen-bond donors (Lipinski definition) is 1. The largest absolute Gasteiger partial charge is 0.437 e. The van der Waals surface area contributed by atoms with E-state index in [4.69, 9.17) is 34.8 Å². The molecule has 1 fully saturated rings. The molecule has 2 rings (SSSR count). The van der Waals surface area contributed by atoms with Crippen molar-refractivity contribution in [3.63, 3.8) is 0 Å². The van der Waals surface area contributed by atoms with Crippen molar-refractivity contribution in [3.05, 3.63) is 28.2 Å². The fraction of sp³-hybridized carbons (Fsp3) is 0.357. The zero-order valence-electron chi connectivity index (χ0n) is 12.0. The van der Waals surface area contributed by atoms with Crippen LogP contribution < -0.4 is 5.32 Å². The minimum Gasteiger partial charge on any atom is -0.336 e. The summed E-state index contributed by atoms with van der Waals surface area (Å²) in [5.41, 5.74) is 0.334. The van der Waals surface area contributed by atoms with Gasteiger partial charge >= 0.3 is 6.09 Å². The lowest BCUT2D eigenvalue weighted by atomic mass is 10.1. The molecular formula is C14H14Cl3N3O3. The fourth-order valence-electron chi connectivity index (χ4n) is 2.11. The van der Waals surface area contributed by atoms with Crippen LogP contribution in [0.25, 0.3) is 0 Å². The summed E-state index contributed by atoms with van der Waals surface area (Å²) in [6, 6.07) is 4.49. The number of amides is 2. The number of oxime groups is 1. The lowest BCUT2D eigenvalue weighted by Gasteiger charge is -2.25. The number of rotatable bonds is 3. The lowest BCUT2D eigenvalue weighted by molar-refractivity contribution is -0.124. The van der Waals surface area contributed by atoms with Crippen molar-refractivity contribution in [2.75, 3.05) is 18.4 Å². The molecular weight excluding hydrogens is 365 g/mol. The van der Waals surface area contributed by atoms with Crippen LogP contribution in [0, 0.1) is 0 Å². The predicted octanol–water partition coefficient (Wildman–Crippen LogP) is 4.11. The summed E-state index contributed by atoms with van der Waals surface area (Å²) in [7, 11) is 0. The van der Waals surface area contributed by atoms with Crippen LogP contribution in [-0.2, 0) is 9.63 Å². The molecule has 9 heteroatoms. The molecule has 6 nitrogen and oxygen atoms in total. The van der Waals surface area contributed by atoms with Crippen LogP contribution in [0.4, 0.5) is 10.5 Å². The number of piperidine rings is 1. The topological polar surface area (TPSA) is 71.0 Å². The predicted molar refractivity (Wildman–Crippen MR) is 90.3 cm³/mol. The van der Waals surface area contributed by atoms with Crippen molar-refractivity contribution in [3.8, 4) is 0 Å². The summed E-state index contributed by atoms with van der Waals surface area (Å²) in [4.78, 5) is 29.8. The number of nitrogens with zero attached hydrogens (tertiary/aromatic N) is 2. The van der Waals surface area contributed by atoms with Crippen molar-refractivity contribution in [1.29, 1.82) is 0 Å². The summed E-state index contributed by atoms with van der Waals surface area (Å²) in [5, 5.41) is 6.04. The van der Waals surface area contributed by atoms with Gasteiger partial charge in [0.05, 0.1) is 0 Å². The lowest BCUT2D eigenvalue weighted by Crippen LogP contribution is -2.38. The highest BCUT2D eigenvalue weighted by Crippen LogP contribution is 2.22. The van der Waals surface area contributed by atoms with Crippen LogP contribution >= 0.6 is 34.8 Å². The molecule has 1 aliphatic rings. The molecule has 0 aromatic heterocycles. The number of carbonyl (C=O) groups excluding carboxylic acids is 2. The van der Waals surface area contributed by atoms with E-state index >= 15 is 0 Å². The van der Waals surface area contributed by atoms with E-state index in [9.17, 15) is 9.59 Å². The van der Waals surface area contributed by atoms with E-state index in [1.165, 1.54) is 18.2 Å². The molecule has 1 saturated heterocycles. The van der Waals surface area contributed by atoms with Crippen molar-refractivity contribution in [1.82, 2.24) is 4.90 Å². The number of halogens is 3. The first-order valence-corrected chi connectivity index (χ1v) is 8.06.